The van der Waals surface area contributed by atoms with Gasteiger partial charge >= 0.3 is 5.97 Å². The smallest absolute Gasteiger partial charge is 0.316 e. The van der Waals surface area contributed by atoms with Crippen molar-refractivity contribution >= 4 is 23.6 Å². The zero-order chi connectivity index (χ0) is 14.4. The van der Waals surface area contributed by atoms with E-state index in [9.17, 15) is 18.4 Å². The number of nitrogens with one attached hydrogen (secondary N) is 1. The largest absolute Gasteiger partial charge is 0.480 e. The standard InChI is InChI=1S/C12H13F2NO3S/c1-7(12(17)18)19-9-5-3-2-4-8(9)11(16)15-6-10(13)14/h2-5,7,10H,6H2,1H3,(H,15,16)(H,17,18). The van der Waals surface area contributed by atoms with Crippen LogP contribution in [0.15, 0.2) is 29.2 Å². The highest BCUT2D eigenvalue weighted by atomic mass is 32.2. The zero-order valence-electron chi connectivity index (χ0n) is 10.1. The summed E-state index contributed by atoms with van der Waals surface area (Å²) < 4.78 is 24.1. The Morgan fingerprint density at radius 1 is 1.37 bits per heavy atom. The summed E-state index contributed by atoms with van der Waals surface area (Å²) in [7, 11) is 0. The second-order valence-corrected chi connectivity index (χ2v) is 5.08. The highest BCUT2D eigenvalue weighted by Crippen LogP contribution is 2.26. The number of carboxylic acid groups (broad SMARTS) is 1. The lowest BCUT2D eigenvalue weighted by molar-refractivity contribution is -0.136. The lowest BCUT2D eigenvalue weighted by Crippen LogP contribution is -2.29. The number of hydrogen-bond acceptors (Lipinski definition) is 3. The molecule has 0 aromatic heterocycles. The fourth-order valence-corrected chi connectivity index (χ4v) is 2.19. The van der Waals surface area contributed by atoms with Gasteiger partial charge in [-0.15, -0.1) is 11.8 Å². The number of amides is 1. The van der Waals surface area contributed by atoms with E-state index in [1.54, 1.807) is 18.2 Å². The molecular formula is C12H13F2NO3S. The minimum atomic E-state index is -2.62. The van der Waals surface area contributed by atoms with Crippen LogP contribution < -0.4 is 5.32 Å². The van der Waals surface area contributed by atoms with Crippen LogP contribution in [-0.2, 0) is 4.79 Å². The van der Waals surface area contributed by atoms with Gasteiger partial charge in [0.05, 0.1) is 12.1 Å². The van der Waals surface area contributed by atoms with Gasteiger partial charge in [-0.3, -0.25) is 9.59 Å². The van der Waals surface area contributed by atoms with Crippen molar-refractivity contribution in [1.82, 2.24) is 5.32 Å². The van der Waals surface area contributed by atoms with E-state index in [0.29, 0.717) is 4.90 Å². The van der Waals surface area contributed by atoms with Gasteiger partial charge in [0, 0.05) is 4.90 Å². The topological polar surface area (TPSA) is 66.4 Å². The number of carbonyl (C=O) groups excluding carboxylic acids is 1. The number of carbonyl (C=O) groups is 2. The van der Waals surface area contributed by atoms with E-state index in [1.165, 1.54) is 13.0 Å². The molecule has 0 aliphatic heterocycles. The molecule has 1 aromatic carbocycles. The molecule has 2 N–H and O–H groups in total. The molecule has 0 saturated heterocycles. The van der Waals surface area contributed by atoms with Gasteiger partial charge in [0.15, 0.2) is 0 Å². The molecule has 1 aromatic rings. The second-order valence-electron chi connectivity index (χ2n) is 3.70. The van der Waals surface area contributed by atoms with E-state index < -0.39 is 30.1 Å². The molecular weight excluding hydrogens is 276 g/mol. The molecule has 0 aliphatic carbocycles. The van der Waals surface area contributed by atoms with Crippen LogP contribution in [-0.4, -0.2) is 35.2 Å². The maximum absolute atomic E-state index is 12.0. The van der Waals surface area contributed by atoms with Crippen molar-refractivity contribution in [3.8, 4) is 0 Å². The van der Waals surface area contributed by atoms with Crippen LogP contribution in [0.1, 0.15) is 17.3 Å². The molecule has 0 spiro atoms. The quantitative estimate of drug-likeness (QED) is 0.788. The number of hydrogen-bond donors (Lipinski definition) is 2. The molecule has 0 radical (unpaired) electrons. The Morgan fingerprint density at radius 2 is 2.00 bits per heavy atom. The van der Waals surface area contributed by atoms with Crippen LogP contribution in [0.3, 0.4) is 0 Å². The first-order chi connectivity index (χ1) is 8.91. The van der Waals surface area contributed by atoms with E-state index in [-0.39, 0.29) is 5.56 Å². The highest BCUT2D eigenvalue weighted by Gasteiger charge is 2.18. The van der Waals surface area contributed by atoms with Gasteiger partial charge in [0.2, 0.25) is 0 Å². The summed E-state index contributed by atoms with van der Waals surface area (Å²) in [6, 6.07) is 6.30. The Morgan fingerprint density at radius 3 is 2.58 bits per heavy atom. The lowest BCUT2D eigenvalue weighted by Gasteiger charge is -2.11. The second kappa shape index (κ2) is 7.08. The Hall–Kier alpha value is -1.63. The van der Waals surface area contributed by atoms with E-state index in [2.05, 4.69) is 5.32 Å². The first-order valence-corrected chi connectivity index (χ1v) is 6.34. The van der Waals surface area contributed by atoms with Crippen molar-refractivity contribution in [3.63, 3.8) is 0 Å². The van der Waals surface area contributed by atoms with Crippen molar-refractivity contribution in [1.29, 1.82) is 0 Å². The monoisotopic (exact) mass is 289 g/mol. The molecule has 0 aliphatic rings. The maximum atomic E-state index is 12.0. The molecule has 104 valence electrons. The molecule has 1 unspecified atom stereocenters. The third kappa shape index (κ3) is 4.86. The van der Waals surface area contributed by atoms with Gasteiger partial charge in [-0.25, -0.2) is 8.78 Å². The number of benzene rings is 1. The van der Waals surface area contributed by atoms with Crippen molar-refractivity contribution in [3.05, 3.63) is 29.8 Å². The van der Waals surface area contributed by atoms with Gasteiger partial charge in [0.25, 0.3) is 12.3 Å². The molecule has 0 bridgehead atoms. The van der Waals surface area contributed by atoms with Crippen molar-refractivity contribution in [2.24, 2.45) is 0 Å². The Balaban J connectivity index is 2.83. The Bertz CT molecular complexity index is 468. The predicted molar refractivity (Wildman–Crippen MR) is 67.7 cm³/mol. The maximum Gasteiger partial charge on any atom is 0.316 e. The Kier molecular flexibility index (Phi) is 5.75. The first kappa shape index (κ1) is 15.4. The summed E-state index contributed by atoms with van der Waals surface area (Å²) in [6.45, 7) is 0.757. The molecule has 1 rings (SSSR count). The molecule has 0 saturated carbocycles. The van der Waals surface area contributed by atoms with Crippen molar-refractivity contribution in [2.75, 3.05) is 6.54 Å². The SMILES string of the molecule is CC(Sc1ccccc1C(=O)NCC(F)F)C(=O)O. The van der Waals surface area contributed by atoms with Gasteiger partial charge in [-0.05, 0) is 19.1 Å². The van der Waals surface area contributed by atoms with Crippen LogP contribution in [0.25, 0.3) is 0 Å². The van der Waals surface area contributed by atoms with Gasteiger partial charge < -0.3 is 10.4 Å². The number of halogens is 2. The Labute approximate surface area is 113 Å². The molecule has 0 fully saturated rings. The summed E-state index contributed by atoms with van der Waals surface area (Å²) in [5, 5.41) is 10.2. The van der Waals surface area contributed by atoms with E-state index >= 15 is 0 Å². The highest BCUT2D eigenvalue weighted by molar-refractivity contribution is 8.00. The van der Waals surface area contributed by atoms with Crippen molar-refractivity contribution < 1.29 is 23.5 Å². The average Bonchev–Trinajstić information content (AvgIpc) is 2.36. The van der Waals surface area contributed by atoms with Crippen LogP contribution in [0.5, 0.6) is 0 Å². The number of rotatable bonds is 6. The number of aliphatic carboxylic acids is 1. The third-order valence-corrected chi connectivity index (χ3v) is 3.37. The van der Waals surface area contributed by atoms with Gasteiger partial charge in [-0.1, -0.05) is 12.1 Å². The van der Waals surface area contributed by atoms with E-state index in [4.69, 9.17) is 5.11 Å². The molecule has 19 heavy (non-hydrogen) atoms. The number of alkyl halides is 2. The van der Waals surface area contributed by atoms with E-state index in [1.807, 2.05) is 0 Å². The lowest BCUT2D eigenvalue weighted by atomic mass is 10.2. The molecule has 1 atom stereocenters. The number of thioether (sulfide) groups is 1. The summed E-state index contributed by atoms with van der Waals surface area (Å²) >= 11 is 0.993. The summed E-state index contributed by atoms with van der Waals surface area (Å²) in [5.74, 6) is -1.64. The van der Waals surface area contributed by atoms with Crippen molar-refractivity contribution in [2.45, 2.75) is 23.5 Å². The number of carboxylic acids is 1. The minimum Gasteiger partial charge on any atom is -0.480 e. The summed E-state index contributed by atoms with van der Waals surface area (Å²) in [6.07, 6.45) is -2.62. The van der Waals surface area contributed by atoms with Gasteiger partial charge in [-0.2, -0.15) is 0 Å². The molecule has 7 heteroatoms. The molecule has 0 heterocycles. The fraction of sp³-hybridized carbons (Fsp3) is 0.333. The first-order valence-electron chi connectivity index (χ1n) is 5.46. The predicted octanol–water partition coefficient (Wildman–Crippen LogP) is 2.25. The normalized spacial score (nSPS) is 12.2. The zero-order valence-corrected chi connectivity index (χ0v) is 10.9. The van der Waals surface area contributed by atoms with Gasteiger partial charge in [0.1, 0.15) is 5.25 Å². The summed E-state index contributed by atoms with van der Waals surface area (Å²) in [4.78, 5) is 22.9. The molecule has 4 nitrogen and oxygen atoms in total. The van der Waals surface area contributed by atoms with Crippen LogP contribution in [0, 0.1) is 0 Å². The minimum absolute atomic E-state index is 0.196. The average molecular weight is 289 g/mol. The van der Waals surface area contributed by atoms with E-state index in [0.717, 1.165) is 11.8 Å². The van der Waals surface area contributed by atoms with Crippen LogP contribution in [0.4, 0.5) is 8.78 Å². The molecule has 1 amide bonds. The van der Waals surface area contributed by atoms with Crippen LogP contribution in [0.2, 0.25) is 0 Å². The third-order valence-electron chi connectivity index (χ3n) is 2.20. The fourth-order valence-electron chi connectivity index (χ4n) is 1.26. The summed E-state index contributed by atoms with van der Waals surface area (Å²) in [5.41, 5.74) is 0.196. The van der Waals surface area contributed by atoms with Crippen LogP contribution >= 0.6 is 11.8 Å².